The fraction of sp³-hybridized carbons (Fsp3) is 0.469. The maximum atomic E-state index is 13.6. The number of rotatable bonds is 11. The van der Waals surface area contributed by atoms with Crippen LogP contribution in [0.2, 0.25) is 0 Å². The van der Waals surface area contributed by atoms with Crippen molar-refractivity contribution >= 4 is 28.8 Å². The maximum Gasteiger partial charge on any atom is 0.408 e. The van der Waals surface area contributed by atoms with Gasteiger partial charge < -0.3 is 30.8 Å². The Morgan fingerprint density at radius 2 is 1.73 bits per heavy atom. The lowest BCUT2D eigenvalue weighted by atomic mass is 9.82. The van der Waals surface area contributed by atoms with E-state index in [1.165, 1.54) is 0 Å². The molecule has 1 unspecified atom stereocenters. The first-order valence-corrected chi connectivity index (χ1v) is 14.5. The first kappa shape index (κ1) is 30.1. The van der Waals surface area contributed by atoms with Gasteiger partial charge in [0.1, 0.15) is 12.6 Å². The van der Waals surface area contributed by atoms with Crippen molar-refractivity contribution in [1.29, 1.82) is 0 Å². The van der Waals surface area contributed by atoms with Crippen LogP contribution in [-0.4, -0.2) is 52.7 Å². The minimum Gasteiger partial charge on any atom is -0.445 e. The smallest absolute Gasteiger partial charge is 0.408 e. The van der Waals surface area contributed by atoms with Gasteiger partial charge in [0.25, 0.3) is 0 Å². The van der Waals surface area contributed by atoms with Crippen molar-refractivity contribution in [2.75, 3.05) is 6.61 Å². The summed E-state index contributed by atoms with van der Waals surface area (Å²) in [6.45, 7) is 7.73. The molecule has 0 radical (unpaired) electrons. The summed E-state index contributed by atoms with van der Waals surface area (Å²) in [6, 6.07) is 15.8. The largest absolute Gasteiger partial charge is 0.445 e. The number of amides is 3. The summed E-state index contributed by atoms with van der Waals surface area (Å²) in [5.41, 5.74) is 3.63. The number of nitrogens with one attached hydrogen (secondary N) is 4. The van der Waals surface area contributed by atoms with Crippen molar-refractivity contribution in [2.45, 2.75) is 77.6 Å². The summed E-state index contributed by atoms with van der Waals surface area (Å²) in [5, 5.41) is 19.7. The second-order valence-corrected chi connectivity index (χ2v) is 11.4. The molecule has 220 valence electrons. The Bertz CT molecular complexity index is 1340. The summed E-state index contributed by atoms with van der Waals surface area (Å²) in [6.07, 6.45) is 0.961. The fourth-order valence-electron chi connectivity index (χ4n) is 5.41. The van der Waals surface area contributed by atoms with Crippen LogP contribution in [0.15, 0.2) is 54.6 Å². The van der Waals surface area contributed by atoms with Gasteiger partial charge in [0.05, 0.1) is 18.6 Å². The third kappa shape index (κ3) is 7.27. The van der Waals surface area contributed by atoms with Gasteiger partial charge in [0.15, 0.2) is 0 Å². The van der Waals surface area contributed by atoms with E-state index in [1.807, 2.05) is 82.3 Å². The average molecular weight is 563 g/mol. The van der Waals surface area contributed by atoms with Gasteiger partial charge in [-0.2, -0.15) is 0 Å². The molecule has 9 heteroatoms. The molecule has 0 spiro atoms. The third-order valence-corrected chi connectivity index (χ3v) is 8.14. The zero-order valence-corrected chi connectivity index (χ0v) is 24.3. The van der Waals surface area contributed by atoms with E-state index in [9.17, 15) is 19.5 Å². The Kier molecular flexibility index (Phi) is 10.0. The van der Waals surface area contributed by atoms with Crippen molar-refractivity contribution < 1.29 is 24.2 Å². The molecular formula is C32H42N4O5. The summed E-state index contributed by atoms with van der Waals surface area (Å²) in [5.74, 6) is -1.10. The Labute approximate surface area is 241 Å². The molecule has 9 nitrogen and oxygen atoms in total. The lowest BCUT2D eigenvalue weighted by Crippen LogP contribution is -2.54. The van der Waals surface area contributed by atoms with E-state index in [2.05, 4.69) is 20.9 Å². The molecule has 4 rings (SSSR count). The Balaban J connectivity index is 1.51. The van der Waals surface area contributed by atoms with Crippen LogP contribution < -0.4 is 16.0 Å². The Morgan fingerprint density at radius 1 is 1.02 bits per heavy atom. The number of aromatic nitrogens is 1. The van der Waals surface area contributed by atoms with Crippen LogP contribution in [0.5, 0.6) is 0 Å². The number of aliphatic hydroxyl groups excluding tert-OH is 1. The Hall–Kier alpha value is -3.85. The SMILES string of the molecule is CC[C@H](C)[C@H](NC(=O)OCc1ccccc1)C(=O)N[C@@H]1Cc2c([nH]c3ccccc23)C(C(=O)N[C@H](CO)C(C)C)C1. The van der Waals surface area contributed by atoms with Crippen LogP contribution in [0.25, 0.3) is 10.9 Å². The highest BCUT2D eigenvalue weighted by atomic mass is 16.5. The van der Waals surface area contributed by atoms with Crippen LogP contribution in [0.3, 0.4) is 0 Å². The highest BCUT2D eigenvalue weighted by Gasteiger charge is 2.37. The number of hydrogen-bond donors (Lipinski definition) is 5. The number of alkyl carbamates (subject to hydrolysis) is 1. The van der Waals surface area contributed by atoms with Gasteiger partial charge in [-0.25, -0.2) is 4.79 Å². The first-order chi connectivity index (χ1) is 19.7. The second-order valence-electron chi connectivity index (χ2n) is 11.4. The summed E-state index contributed by atoms with van der Waals surface area (Å²) < 4.78 is 5.39. The molecule has 1 aromatic heterocycles. The average Bonchev–Trinajstić information content (AvgIpc) is 3.35. The highest BCUT2D eigenvalue weighted by molar-refractivity contribution is 5.91. The number of carbonyl (C=O) groups is 3. The summed E-state index contributed by atoms with van der Waals surface area (Å²) in [4.78, 5) is 43.2. The van der Waals surface area contributed by atoms with Crippen LogP contribution >= 0.6 is 0 Å². The standard InChI is InChI=1S/C32H42N4O5/c1-5-20(4)28(36-32(40)41-18-21-11-7-6-8-12-21)31(39)33-22-15-24-23-13-9-10-14-26(23)34-29(24)25(16-22)30(38)35-27(17-37)19(2)3/h6-14,19-20,22,25,27-28,34,37H,5,15-18H2,1-4H3,(H,33,39)(H,35,38)(H,36,40)/t20-,22+,25?,27+,28-/m0/s1. The fourth-order valence-corrected chi connectivity index (χ4v) is 5.41. The molecular weight excluding hydrogens is 520 g/mol. The number of aromatic amines is 1. The lowest BCUT2D eigenvalue weighted by molar-refractivity contribution is -0.127. The number of aliphatic hydroxyl groups is 1. The van der Waals surface area contributed by atoms with Crippen molar-refractivity contribution in [3.05, 3.63) is 71.4 Å². The van der Waals surface area contributed by atoms with Crippen molar-refractivity contribution in [1.82, 2.24) is 20.9 Å². The maximum absolute atomic E-state index is 13.6. The number of para-hydroxylation sites is 1. The van der Waals surface area contributed by atoms with E-state index >= 15 is 0 Å². The van der Waals surface area contributed by atoms with Crippen LogP contribution in [0.4, 0.5) is 4.79 Å². The summed E-state index contributed by atoms with van der Waals surface area (Å²) >= 11 is 0. The molecule has 1 aliphatic rings. The molecule has 1 heterocycles. The zero-order chi connectivity index (χ0) is 29.5. The van der Waals surface area contributed by atoms with E-state index in [1.54, 1.807) is 0 Å². The molecule has 3 aromatic rings. The number of carbonyl (C=O) groups excluding carboxylic acids is 3. The molecule has 0 bridgehead atoms. The van der Waals surface area contributed by atoms with E-state index in [0.717, 1.165) is 27.7 Å². The number of fused-ring (bicyclic) bond motifs is 3. The topological polar surface area (TPSA) is 133 Å². The van der Waals surface area contributed by atoms with Crippen molar-refractivity contribution in [3.63, 3.8) is 0 Å². The lowest BCUT2D eigenvalue weighted by Gasteiger charge is -2.33. The number of H-pyrrole nitrogens is 1. The molecule has 41 heavy (non-hydrogen) atoms. The molecule has 2 aromatic carbocycles. The van der Waals surface area contributed by atoms with Crippen LogP contribution in [-0.2, 0) is 27.4 Å². The van der Waals surface area contributed by atoms with E-state index < -0.39 is 18.1 Å². The molecule has 5 N–H and O–H groups in total. The van der Waals surface area contributed by atoms with Gasteiger partial charge in [-0.05, 0) is 41.9 Å². The Morgan fingerprint density at radius 3 is 2.41 bits per heavy atom. The van der Waals surface area contributed by atoms with Gasteiger partial charge in [-0.3, -0.25) is 9.59 Å². The van der Waals surface area contributed by atoms with E-state index in [4.69, 9.17) is 4.74 Å². The summed E-state index contributed by atoms with van der Waals surface area (Å²) in [7, 11) is 0. The predicted molar refractivity (Wildman–Crippen MR) is 158 cm³/mol. The molecule has 0 saturated carbocycles. The van der Waals surface area contributed by atoms with Gasteiger partial charge in [-0.1, -0.05) is 82.6 Å². The van der Waals surface area contributed by atoms with Gasteiger partial charge >= 0.3 is 6.09 Å². The van der Waals surface area contributed by atoms with E-state index in [-0.39, 0.29) is 48.9 Å². The molecule has 0 aliphatic heterocycles. The molecule has 0 saturated heterocycles. The van der Waals surface area contributed by atoms with E-state index in [0.29, 0.717) is 19.3 Å². The number of hydrogen-bond acceptors (Lipinski definition) is 5. The highest BCUT2D eigenvalue weighted by Crippen LogP contribution is 2.36. The third-order valence-electron chi connectivity index (χ3n) is 8.14. The van der Waals surface area contributed by atoms with Crippen molar-refractivity contribution in [2.24, 2.45) is 11.8 Å². The van der Waals surface area contributed by atoms with Gasteiger partial charge in [-0.15, -0.1) is 0 Å². The molecule has 1 aliphatic carbocycles. The number of benzene rings is 2. The number of ether oxygens (including phenoxy) is 1. The van der Waals surface area contributed by atoms with Crippen molar-refractivity contribution in [3.8, 4) is 0 Å². The predicted octanol–water partition coefficient (Wildman–Crippen LogP) is 4.16. The second kappa shape index (κ2) is 13.7. The van der Waals surface area contributed by atoms with Crippen LogP contribution in [0.1, 0.15) is 63.3 Å². The van der Waals surface area contributed by atoms with Gasteiger partial charge in [0, 0.05) is 22.6 Å². The van der Waals surface area contributed by atoms with Crippen LogP contribution in [0, 0.1) is 11.8 Å². The zero-order valence-electron chi connectivity index (χ0n) is 24.3. The minimum atomic E-state index is -0.792. The quantitative estimate of drug-likeness (QED) is 0.239. The molecule has 5 atom stereocenters. The normalized spacial score (nSPS) is 18.7. The monoisotopic (exact) mass is 562 g/mol. The first-order valence-electron chi connectivity index (χ1n) is 14.5. The minimum absolute atomic E-state index is 0.0641. The van der Waals surface area contributed by atoms with Gasteiger partial charge in [0.2, 0.25) is 11.8 Å². The molecule has 0 fully saturated rings. The molecule has 3 amide bonds.